The molecule has 0 heterocycles. The highest BCUT2D eigenvalue weighted by molar-refractivity contribution is 5.85. The Balaban J connectivity index is 0.00000169. The molecule has 0 unspecified atom stereocenters. The minimum atomic E-state index is -0.353. The maximum absolute atomic E-state index is 12.0. The van der Waals surface area contributed by atoms with Gasteiger partial charge in [-0.3, -0.25) is 4.39 Å². The van der Waals surface area contributed by atoms with Crippen LogP contribution in [0.5, 0.6) is 0 Å². The Hall–Kier alpha value is -0.600. The largest absolute Gasteiger partial charge is 0.324 e. The molecule has 0 spiro atoms. The van der Waals surface area contributed by atoms with Crippen LogP contribution >= 0.6 is 12.4 Å². The van der Waals surface area contributed by atoms with Gasteiger partial charge in [0.05, 0.1) is 6.67 Å². The van der Waals surface area contributed by atoms with Gasteiger partial charge in [-0.2, -0.15) is 0 Å². The Morgan fingerprint density at radius 3 is 2.43 bits per heavy atom. The first-order valence-electron chi connectivity index (χ1n) is 4.54. The summed E-state index contributed by atoms with van der Waals surface area (Å²) in [5.41, 5.74) is 9.27. The van der Waals surface area contributed by atoms with Crippen molar-refractivity contribution < 1.29 is 4.39 Å². The van der Waals surface area contributed by atoms with Crippen LogP contribution in [0.15, 0.2) is 18.2 Å². The van der Waals surface area contributed by atoms with Gasteiger partial charge in [0.2, 0.25) is 0 Å². The molecule has 0 aliphatic carbocycles. The molecule has 1 atom stereocenters. The van der Waals surface area contributed by atoms with E-state index >= 15 is 0 Å². The van der Waals surface area contributed by atoms with Crippen molar-refractivity contribution in [2.24, 2.45) is 5.73 Å². The molecule has 0 amide bonds. The molecule has 0 saturated heterocycles. The summed E-state index contributed by atoms with van der Waals surface area (Å²) in [7, 11) is 0. The first kappa shape index (κ1) is 13.4. The van der Waals surface area contributed by atoms with Gasteiger partial charge in [0.25, 0.3) is 0 Å². The first-order chi connectivity index (χ1) is 6.15. The predicted octanol–water partition coefficient (Wildman–Crippen LogP) is 3.08. The second-order valence-corrected chi connectivity index (χ2v) is 3.43. The van der Waals surface area contributed by atoms with Crippen LogP contribution in [-0.4, -0.2) is 6.67 Å². The maximum atomic E-state index is 12.0. The Morgan fingerprint density at radius 1 is 1.29 bits per heavy atom. The summed E-state index contributed by atoms with van der Waals surface area (Å²) < 4.78 is 12.0. The Morgan fingerprint density at radius 2 is 1.93 bits per heavy atom. The van der Waals surface area contributed by atoms with Gasteiger partial charge < -0.3 is 5.73 Å². The van der Waals surface area contributed by atoms with Crippen LogP contribution in [0.1, 0.15) is 29.2 Å². The van der Waals surface area contributed by atoms with Gasteiger partial charge in [-0.15, -0.1) is 12.4 Å². The average molecular weight is 218 g/mol. The van der Waals surface area contributed by atoms with Crippen LogP contribution in [-0.2, 0) is 0 Å². The van der Waals surface area contributed by atoms with E-state index in [9.17, 15) is 4.39 Å². The molecule has 0 fully saturated rings. The van der Waals surface area contributed by atoms with Crippen LogP contribution in [0.3, 0.4) is 0 Å². The van der Waals surface area contributed by atoms with E-state index in [2.05, 4.69) is 6.92 Å². The van der Waals surface area contributed by atoms with Crippen molar-refractivity contribution >= 4 is 12.4 Å². The van der Waals surface area contributed by atoms with Crippen molar-refractivity contribution in [3.05, 3.63) is 34.9 Å². The van der Waals surface area contributed by atoms with Gasteiger partial charge in [0, 0.05) is 6.04 Å². The molecule has 0 aliphatic heterocycles. The topological polar surface area (TPSA) is 26.0 Å². The van der Waals surface area contributed by atoms with E-state index in [-0.39, 0.29) is 25.1 Å². The van der Waals surface area contributed by atoms with Gasteiger partial charge in [-0.05, 0) is 37.0 Å². The summed E-state index contributed by atoms with van der Waals surface area (Å²) in [6.45, 7) is 3.74. The molecule has 1 nitrogen and oxygen atoms in total. The molecule has 1 aromatic carbocycles. The molecular weight excluding hydrogens is 201 g/mol. The molecule has 2 N–H and O–H groups in total. The van der Waals surface area contributed by atoms with Crippen molar-refractivity contribution in [2.75, 3.05) is 6.67 Å². The normalized spacial score (nSPS) is 12.0. The number of aryl methyl sites for hydroxylation is 2. The van der Waals surface area contributed by atoms with Gasteiger partial charge >= 0.3 is 0 Å². The van der Waals surface area contributed by atoms with Gasteiger partial charge in [-0.25, -0.2) is 0 Å². The predicted molar refractivity (Wildman–Crippen MR) is 60.7 cm³/mol. The maximum Gasteiger partial charge on any atom is 0.0912 e. The molecule has 1 rings (SSSR count). The summed E-state index contributed by atoms with van der Waals surface area (Å²) in [5.74, 6) is 0. The highest BCUT2D eigenvalue weighted by Crippen LogP contribution is 2.17. The van der Waals surface area contributed by atoms with E-state index in [0.717, 1.165) is 5.56 Å². The van der Waals surface area contributed by atoms with Crippen molar-refractivity contribution in [1.29, 1.82) is 0 Å². The van der Waals surface area contributed by atoms with E-state index in [1.54, 1.807) is 0 Å². The van der Waals surface area contributed by atoms with E-state index in [0.29, 0.717) is 6.42 Å². The Kier molecular flexibility index (Phi) is 5.73. The van der Waals surface area contributed by atoms with E-state index in [4.69, 9.17) is 5.73 Å². The summed E-state index contributed by atoms with van der Waals surface area (Å²) >= 11 is 0. The summed E-state index contributed by atoms with van der Waals surface area (Å²) in [6.07, 6.45) is 0.405. The Bertz CT molecular complexity index is 289. The third-order valence-electron chi connectivity index (χ3n) is 2.38. The second kappa shape index (κ2) is 5.99. The fourth-order valence-electron chi connectivity index (χ4n) is 1.28. The van der Waals surface area contributed by atoms with E-state index in [1.165, 1.54) is 11.1 Å². The molecule has 80 valence electrons. The monoisotopic (exact) mass is 217 g/mol. The molecule has 14 heavy (non-hydrogen) atoms. The zero-order valence-electron chi connectivity index (χ0n) is 8.59. The van der Waals surface area contributed by atoms with Crippen molar-refractivity contribution in [1.82, 2.24) is 0 Å². The van der Waals surface area contributed by atoms with Crippen molar-refractivity contribution in [2.45, 2.75) is 26.3 Å². The molecular formula is C11H17ClFN. The minimum absolute atomic E-state index is 0. The van der Waals surface area contributed by atoms with Gasteiger partial charge in [-0.1, -0.05) is 18.2 Å². The van der Waals surface area contributed by atoms with Crippen LogP contribution in [0, 0.1) is 13.8 Å². The molecule has 1 aromatic rings. The lowest BCUT2D eigenvalue weighted by atomic mass is 10.0. The number of hydrogen-bond acceptors (Lipinski definition) is 1. The van der Waals surface area contributed by atoms with Crippen molar-refractivity contribution in [3.8, 4) is 0 Å². The van der Waals surface area contributed by atoms with Crippen molar-refractivity contribution in [3.63, 3.8) is 0 Å². The van der Waals surface area contributed by atoms with Crippen LogP contribution in [0.2, 0.25) is 0 Å². The SMILES string of the molecule is Cc1ccc([C@@H](N)CCF)cc1C.Cl. The number of rotatable bonds is 3. The standard InChI is InChI=1S/C11H16FN.ClH/c1-8-3-4-10(7-9(8)2)11(13)5-6-12;/h3-4,7,11H,5-6,13H2,1-2H3;1H/t11-;/m0./s1. The average Bonchev–Trinajstić information content (AvgIpc) is 2.10. The lowest BCUT2D eigenvalue weighted by Gasteiger charge is -2.11. The smallest absolute Gasteiger partial charge is 0.0912 e. The van der Waals surface area contributed by atoms with Crippen LogP contribution in [0.4, 0.5) is 4.39 Å². The summed E-state index contributed by atoms with van der Waals surface area (Å²) in [4.78, 5) is 0. The second-order valence-electron chi connectivity index (χ2n) is 3.43. The number of nitrogens with two attached hydrogens (primary N) is 1. The van der Waals surface area contributed by atoms with E-state index < -0.39 is 0 Å². The fourth-order valence-corrected chi connectivity index (χ4v) is 1.28. The zero-order valence-corrected chi connectivity index (χ0v) is 9.40. The fraction of sp³-hybridized carbons (Fsp3) is 0.455. The van der Waals surface area contributed by atoms with Crippen LogP contribution in [0.25, 0.3) is 0 Å². The highest BCUT2D eigenvalue weighted by atomic mass is 35.5. The minimum Gasteiger partial charge on any atom is -0.324 e. The molecule has 0 saturated carbocycles. The lowest BCUT2D eigenvalue weighted by molar-refractivity contribution is 0.442. The lowest BCUT2D eigenvalue weighted by Crippen LogP contribution is -2.11. The summed E-state index contributed by atoms with van der Waals surface area (Å²) in [6, 6.07) is 5.88. The number of alkyl halides is 1. The first-order valence-corrected chi connectivity index (χ1v) is 4.54. The number of hydrogen-bond donors (Lipinski definition) is 1. The van der Waals surface area contributed by atoms with Gasteiger partial charge in [0.1, 0.15) is 0 Å². The third kappa shape index (κ3) is 3.28. The molecule has 0 aromatic heterocycles. The molecule has 0 radical (unpaired) electrons. The van der Waals surface area contributed by atoms with Gasteiger partial charge in [0.15, 0.2) is 0 Å². The summed E-state index contributed by atoms with van der Waals surface area (Å²) in [5, 5.41) is 0. The number of benzene rings is 1. The third-order valence-corrected chi connectivity index (χ3v) is 2.38. The quantitative estimate of drug-likeness (QED) is 0.828. The molecule has 0 bridgehead atoms. The van der Waals surface area contributed by atoms with E-state index in [1.807, 2.05) is 25.1 Å². The molecule has 3 heteroatoms. The highest BCUT2D eigenvalue weighted by Gasteiger charge is 2.05. The van der Waals surface area contributed by atoms with Crippen LogP contribution < -0.4 is 5.73 Å². The Labute approximate surface area is 90.9 Å². The number of halogens is 2. The molecule has 0 aliphatic rings. The zero-order chi connectivity index (χ0) is 9.84.